The van der Waals surface area contributed by atoms with Crippen LogP contribution in [0.3, 0.4) is 0 Å². The van der Waals surface area contributed by atoms with Crippen LogP contribution >= 0.6 is 15.9 Å². The minimum atomic E-state index is -0.412. The fourth-order valence-electron chi connectivity index (χ4n) is 3.00. The summed E-state index contributed by atoms with van der Waals surface area (Å²) in [5, 5.41) is 21.0. The molecule has 0 fully saturated rings. The molecule has 0 saturated carbocycles. The lowest BCUT2D eigenvalue weighted by molar-refractivity contribution is -0.384. The Bertz CT molecular complexity index is 724. The third kappa shape index (κ3) is 2.38. The lowest BCUT2D eigenvalue weighted by Gasteiger charge is -2.21. The van der Waals surface area contributed by atoms with Gasteiger partial charge in [0.05, 0.1) is 16.7 Å². The van der Waals surface area contributed by atoms with E-state index in [4.69, 9.17) is 0 Å². The Morgan fingerprint density at radius 2 is 2.19 bits per heavy atom. The molecule has 0 saturated heterocycles. The second-order valence-electron chi connectivity index (χ2n) is 5.32. The molecule has 1 aliphatic carbocycles. The predicted molar refractivity (Wildman–Crippen MR) is 82.8 cm³/mol. The van der Waals surface area contributed by atoms with E-state index < -0.39 is 11.0 Å². The van der Waals surface area contributed by atoms with Crippen molar-refractivity contribution in [2.24, 2.45) is 0 Å². The quantitative estimate of drug-likeness (QED) is 0.661. The van der Waals surface area contributed by atoms with Crippen molar-refractivity contribution in [3.05, 3.63) is 55.8 Å². The minimum absolute atomic E-state index is 0.0596. The number of nitrogens with zero attached hydrogens (tertiary/aromatic N) is 2. The first-order valence-electron chi connectivity index (χ1n) is 6.82. The molecule has 1 N–H and O–H groups in total. The molecule has 0 radical (unpaired) electrons. The monoisotopic (exact) mass is 350 g/mol. The molecule has 0 bridgehead atoms. The van der Waals surface area contributed by atoms with Crippen molar-refractivity contribution < 1.29 is 10.0 Å². The van der Waals surface area contributed by atoms with Gasteiger partial charge < -0.3 is 9.67 Å². The number of non-ortho nitro benzene ring substituents is 1. The van der Waals surface area contributed by atoms with Gasteiger partial charge in [0.25, 0.3) is 5.69 Å². The summed E-state index contributed by atoms with van der Waals surface area (Å²) in [7, 11) is 0. The van der Waals surface area contributed by atoms with E-state index in [1.54, 1.807) is 6.07 Å². The summed E-state index contributed by atoms with van der Waals surface area (Å²) in [6.07, 6.45) is 2.23. The highest BCUT2D eigenvalue weighted by atomic mass is 79.9. The molecule has 2 aromatic rings. The Morgan fingerprint density at radius 1 is 1.43 bits per heavy atom. The molecule has 21 heavy (non-hydrogen) atoms. The number of nitro benzene ring substituents is 1. The van der Waals surface area contributed by atoms with Gasteiger partial charge in [0.1, 0.15) is 0 Å². The zero-order valence-corrected chi connectivity index (χ0v) is 13.1. The van der Waals surface area contributed by atoms with Gasteiger partial charge in [-0.2, -0.15) is 0 Å². The van der Waals surface area contributed by atoms with Crippen LogP contribution in [0.1, 0.15) is 35.9 Å². The SMILES string of the molecule is Cc1cc2c(n1-c1ccc([N+](=O)[O-])cc1Br)CCCC2O. The maximum Gasteiger partial charge on any atom is 0.270 e. The fourth-order valence-corrected chi connectivity index (χ4v) is 3.55. The Hall–Kier alpha value is -1.66. The van der Waals surface area contributed by atoms with Crippen molar-refractivity contribution in [1.82, 2.24) is 4.57 Å². The summed E-state index contributed by atoms with van der Waals surface area (Å²) in [4.78, 5) is 10.4. The van der Waals surface area contributed by atoms with Crippen LogP contribution in [0.5, 0.6) is 0 Å². The van der Waals surface area contributed by atoms with E-state index in [-0.39, 0.29) is 5.69 Å². The lowest BCUT2D eigenvalue weighted by Crippen LogP contribution is -2.11. The third-order valence-corrected chi connectivity index (χ3v) is 4.59. The second kappa shape index (κ2) is 5.27. The molecule has 1 heterocycles. The molecule has 1 atom stereocenters. The molecule has 6 heteroatoms. The van der Waals surface area contributed by atoms with Gasteiger partial charge in [0.2, 0.25) is 0 Å². The first-order valence-corrected chi connectivity index (χ1v) is 7.62. The van der Waals surface area contributed by atoms with Crippen LogP contribution in [0.15, 0.2) is 28.7 Å². The van der Waals surface area contributed by atoms with Gasteiger partial charge in [0, 0.05) is 33.6 Å². The first kappa shape index (κ1) is 14.3. The van der Waals surface area contributed by atoms with Crippen molar-refractivity contribution in [2.75, 3.05) is 0 Å². The van der Waals surface area contributed by atoms with Gasteiger partial charge in [-0.3, -0.25) is 10.1 Å². The first-order chi connectivity index (χ1) is 9.99. The van der Waals surface area contributed by atoms with E-state index >= 15 is 0 Å². The van der Waals surface area contributed by atoms with Gasteiger partial charge in [-0.1, -0.05) is 0 Å². The van der Waals surface area contributed by atoms with Gasteiger partial charge in [-0.25, -0.2) is 0 Å². The number of hydrogen-bond donors (Lipinski definition) is 1. The van der Waals surface area contributed by atoms with E-state index in [1.165, 1.54) is 12.1 Å². The van der Waals surface area contributed by atoms with Gasteiger partial charge in [-0.05, 0) is 54.2 Å². The molecule has 1 aromatic carbocycles. The summed E-state index contributed by atoms with van der Waals surface area (Å²) in [5.74, 6) is 0. The Kier molecular flexibility index (Phi) is 3.59. The molecule has 1 aromatic heterocycles. The number of fused-ring (bicyclic) bond motifs is 1. The minimum Gasteiger partial charge on any atom is -0.388 e. The number of aryl methyl sites for hydroxylation is 1. The lowest BCUT2D eigenvalue weighted by atomic mass is 9.95. The van der Waals surface area contributed by atoms with Crippen LogP contribution in [-0.4, -0.2) is 14.6 Å². The zero-order valence-electron chi connectivity index (χ0n) is 11.5. The zero-order chi connectivity index (χ0) is 15.1. The standard InChI is InChI=1S/C15H15BrN2O3/c1-9-7-11-13(3-2-4-15(11)19)17(9)14-6-5-10(18(20)21)8-12(14)16/h5-8,15,19H,2-4H2,1H3. The Labute approximate surface area is 130 Å². The Morgan fingerprint density at radius 3 is 2.86 bits per heavy atom. The van der Waals surface area contributed by atoms with Crippen LogP contribution in [0.25, 0.3) is 5.69 Å². The fraction of sp³-hybridized carbons (Fsp3) is 0.333. The maximum absolute atomic E-state index is 10.8. The molecule has 5 nitrogen and oxygen atoms in total. The Balaban J connectivity index is 2.15. The molecule has 0 amide bonds. The molecular weight excluding hydrogens is 336 g/mol. The van der Waals surface area contributed by atoms with E-state index in [9.17, 15) is 15.2 Å². The topological polar surface area (TPSA) is 68.3 Å². The van der Waals surface area contributed by atoms with Crippen molar-refractivity contribution >= 4 is 21.6 Å². The summed E-state index contributed by atoms with van der Waals surface area (Å²) in [6.45, 7) is 1.99. The van der Waals surface area contributed by atoms with Crippen LogP contribution < -0.4 is 0 Å². The summed E-state index contributed by atoms with van der Waals surface area (Å²) in [5.41, 5.74) is 4.03. The number of benzene rings is 1. The number of hydrogen-bond acceptors (Lipinski definition) is 3. The van der Waals surface area contributed by atoms with E-state index in [1.807, 2.05) is 13.0 Å². The molecule has 0 spiro atoms. The molecule has 1 unspecified atom stereocenters. The highest BCUT2D eigenvalue weighted by Gasteiger charge is 2.24. The van der Waals surface area contributed by atoms with Crippen LogP contribution in [0, 0.1) is 17.0 Å². The number of halogens is 1. The average molecular weight is 351 g/mol. The van der Waals surface area contributed by atoms with Crippen molar-refractivity contribution in [2.45, 2.75) is 32.3 Å². The molecule has 0 aliphatic heterocycles. The number of aliphatic hydroxyl groups excluding tert-OH is 1. The second-order valence-corrected chi connectivity index (χ2v) is 6.18. The molecule has 110 valence electrons. The largest absolute Gasteiger partial charge is 0.388 e. The summed E-state index contributed by atoms with van der Waals surface area (Å²) in [6, 6.07) is 6.77. The van der Waals surface area contributed by atoms with Gasteiger partial charge in [-0.15, -0.1) is 0 Å². The van der Waals surface area contributed by atoms with E-state index in [0.717, 1.165) is 41.9 Å². The third-order valence-electron chi connectivity index (χ3n) is 3.95. The molecule has 3 rings (SSSR count). The van der Waals surface area contributed by atoms with Crippen molar-refractivity contribution in [3.8, 4) is 5.69 Å². The maximum atomic E-state index is 10.8. The highest BCUT2D eigenvalue weighted by molar-refractivity contribution is 9.10. The number of aromatic nitrogens is 1. The highest BCUT2D eigenvalue weighted by Crippen LogP contribution is 2.36. The summed E-state index contributed by atoms with van der Waals surface area (Å²) < 4.78 is 2.75. The van der Waals surface area contributed by atoms with Crippen molar-refractivity contribution in [3.63, 3.8) is 0 Å². The normalized spacial score (nSPS) is 17.6. The number of rotatable bonds is 2. The molecular formula is C15H15BrN2O3. The summed E-state index contributed by atoms with van der Waals surface area (Å²) >= 11 is 3.43. The van der Waals surface area contributed by atoms with E-state index in [2.05, 4.69) is 20.5 Å². The van der Waals surface area contributed by atoms with Crippen molar-refractivity contribution in [1.29, 1.82) is 0 Å². The number of aliphatic hydroxyl groups is 1. The van der Waals surface area contributed by atoms with E-state index in [0.29, 0.717) is 4.47 Å². The van der Waals surface area contributed by atoms with Crippen LogP contribution in [0.4, 0.5) is 5.69 Å². The van der Waals surface area contributed by atoms with Crippen LogP contribution in [-0.2, 0) is 6.42 Å². The van der Waals surface area contributed by atoms with Gasteiger partial charge in [0.15, 0.2) is 0 Å². The number of nitro groups is 1. The average Bonchev–Trinajstić information content (AvgIpc) is 2.77. The van der Waals surface area contributed by atoms with Crippen LogP contribution in [0.2, 0.25) is 0 Å². The smallest absolute Gasteiger partial charge is 0.270 e. The van der Waals surface area contributed by atoms with Gasteiger partial charge >= 0.3 is 0 Å². The molecule has 1 aliphatic rings. The predicted octanol–water partition coefficient (Wildman–Crippen LogP) is 3.83.